The van der Waals surface area contributed by atoms with Gasteiger partial charge < -0.3 is 25.8 Å². The summed E-state index contributed by atoms with van der Waals surface area (Å²) in [4.78, 5) is 47.3. The number of nitrogens with one attached hydrogen (secondary N) is 3. The zero-order valence-electron chi connectivity index (χ0n) is 17.9. The number of fused-ring (bicyclic) bond motifs is 3. The van der Waals surface area contributed by atoms with Gasteiger partial charge in [-0.2, -0.15) is 0 Å². The van der Waals surface area contributed by atoms with Gasteiger partial charge in [-0.25, -0.2) is 9.59 Å². The quantitative estimate of drug-likeness (QED) is 0.483. The van der Waals surface area contributed by atoms with Crippen LogP contribution in [0, 0.1) is 0 Å². The van der Waals surface area contributed by atoms with Crippen molar-refractivity contribution in [1.29, 1.82) is 0 Å². The molecule has 2 aromatic rings. The Bertz CT molecular complexity index is 1050. The molecule has 0 bridgehead atoms. The van der Waals surface area contributed by atoms with E-state index in [1.165, 1.54) is 0 Å². The van der Waals surface area contributed by atoms with E-state index in [4.69, 9.17) is 4.74 Å². The maximum absolute atomic E-state index is 12.1. The normalized spacial score (nSPS) is 15.4. The van der Waals surface area contributed by atoms with Gasteiger partial charge in [0.1, 0.15) is 18.7 Å². The smallest absolute Gasteiger partial charge is 0.407 e. The van der Waals surface area contributed by atoms with Crippen molar-refractivity contribution in [3.8, 4) is 11.1 Å². The Labute approximate surface area is 190 Å². The molecule has 4 rings (SSSR count). The van der Waals surface area contributed by atoms with Crippen molar-refractivity contribution in [3.05, 3.63) is 59.7 Å². The highest BCUT2D eigenvalue weighted by Gasteiger charge is 2.45. The molecule has 2 aliphatic carbocycles. The molecule has 1 saturated carbocycles. The molecule has 33 heavy (non-hydrogen) atoms. The minimum absolute atomic E-state index is 0.0891. The van der Waals surface area contributed by atoms with E-state index in [9.17, 15) is 24.3 Å². The summed E-state index contributed by atoms with van der Waals surface area (Å²) in [5.74, 6) is -2.35. The molecular weight excluding hydrogens is 426 g/mol. The number of aliphatic carboxylic acids is 1. The van der Waals surface area contributed by atoms with Crippen LogP contribution in [0.25, 0.3) is 11.1 Å². The SMILES string of the molecule is O=C(CNC(=O)OCC1c2ccccc2-c2ccccc21)NCC(=O)NC1(C(=O)O)CCC1. The van der Waals surface area contributed by atoms with Gasteiger partial charge in [0.05, 0.1) is 6.54 Å². The lowest BCUT2D eigenvalue weighted by atomic mass is 9.77. The lowest BCUT2D eigenvalue weighted by Crippen LogP contribution is -2.60. The minimum Gasteiger partial charge on any atom is -0.480 e. The largest absolute Gasteiger partial charge is 0.480 e. The molecule has 9 heteroatoms. The van der Waals surface area contributed by atoms with Crippen molar-refractivity contribution in [2.24, 2.45) is 0 Å². The van der Waals surface area contributed by atoms with Crippen LogP contribution in [-0.4, -0.2) is 54.2 Å². The fraction of sp³-hybridized carbons (Fsp3) is 0.333. The molecule has 0 aromatic heterocycles. The number of alkyl carbamates (subject to hydrolysis) is 1. The van der Waals surface area contributed by atoms with Crippen LogP contribution in [0.2, 0.25) is 0 Å². The lowest BCUT2D eigenvalue weighted by Gasteiger charge is -2.38. The lowest BCUT2D eigenvalue weighted by molar-refractivity contribution is -0.151. The van der Waals surface area contributed by atoms with Crippen LogP contribution in [-0.2, 0) is 19.1 Å². The number of carboxylic acids is 1. The Morgan fingerprint density at radius 1 is 0.879 bits per heavy atom. The van der Waals surface area contributed by atoms with Crippen molar-refractivity contribution in [1.82, 2.24) is 16.0 Å². The van der Waals surface area contributed by atoms with Gasteiger partial charge in [-0.1, -0.05) is 48.5 Å². The fourth-order valence-electron chi connectivity index (χ4n) is 4.28. The van der Waals surface area contributed by atoms with Gasteiger partial charge in [0, 0.05) is 5.92 Å². The molecule has 2 aromatic carbocycles. The zero-order chi connectivity index (χ0) is 23.4. The van der Waals surface area contributed by atoms with Gasteiger partial charge in [-0.05, 0) is 41.5 Å². The molecule has 0 heterocycles. The second kappa shape index (κ2) is 9.32. The van der Waals surface area contributed by atoms with Crippen molar-refractivity contribution in [2.75, 3.05) is 19.7 Å². The molecule has 0 radical (unpaired) electrons. The third kappa shape index (κ3) is 4.67. The molecule has 172 valence electrons. The number of ether oxygens (including phenoxy) is 1. The number of carboxylic acid groups (broad SMARTS) is 1. The van der Waals surface area contributed by atoms with Gasteiger partial charge in [0.2, 0.25) is 11.8 Å². The number of benzene rings is 2. The Balaban J connectivity index is 1.21. The van der Waals surface area contributed by atoms with Crippen molar-refractivity contribution in [3.63, 3.8) is 0 Å². The van der Waals surface area contributed by atoms with E-state index in [0.717, 1.165) is 28.7 Å². The highest BCUT2D eigenvalue weighted by atomic mass is 16.5. The Hall–Kier alpha value is -3.88. The van der Waals surface area contributed by atoms with Gasteiger partial charge in [-0.3, -0.25) is 9.59 Å². The first-order valence-corrected chi connectivity index (χ1v) is 10.8. The average Bonchev–Trinajstić information content (AvgIpc) is 3.11. The average molecular weight is 451 g/mol. The van der Waals surface area contributed by atoms with Crippen molar-refractivity contribution < 1.29 is 29.0 Å². The first kappa shape index (κ1) is 22.3. The molecule has 0 unspecified atom stereocenters. The van der Waals surface area contributed by atoms with Crippen LogP contribution >= 0.6 is 0 Å². The van der Waals surface area contributed by atoms with E-state index in [1.54, 1.807) is 0 Å². The summed E-state index contributed by atoms with van der Waals surface area (Å²) >= 11 is 0. The molecule has 0 spiro atoms. The van der Waals surface area contributed by atoms with E-state index in [-0.39, 0.29) is 25.6 Å². The highest BCUT2D eigenvalue weighted by Crippen LogP contribution is 2.44. The molecule has 0 saturated heterocycles. The Morgan fingerprint density at radius 3 is 2.00 bits per heavy atom. The van der Waals surface area contributed by atoms with Crippen LogP contribution in [0.3, 0.4) is 0 Å². The van der Waals surface area contributed by atoms with Crippen molar-refractivity contribution >= 4 is 23.9 Å². The molecule has 2 aliphatic rings. The standard InChI is InChI=1S/C24H25N3O6/c28-20(25-13-21(29)27-24(22(30)31)10-5-11-24)12-26-23(32)33-14-19-17-8-3-1-6-15(17)16-7-2-4-9-18(16)19/h1-4,6-9,19H,5,10-14H2,(H,25,28)(H,26,32)(H,27,29)(H,30,31). The third-order valence-corrected chi connectivity index (χ3v) is 6.18. The predicted molar refractivity (Wildman–Crippen MR) is 118 cm³/mol. The monoisotopic (exact) mass is 451 g/mol. The van der Waals surface area contributed by atoms with Crippen LogP contribution in [0.1, 0.15) is 36.3 Å². The summed E-state index contributed by atoms with van der Waals surface area (Å²) in [6.45, 7) is -0.616. The van der Waals surface area contributed by atoms with E-state index >= 15 is 0 Å². The van der Waals surface area contributed by atoms with Crippen LogP contribution in [0.15, 0.2) is 48.5 Å². The van der Waals surface area contributed by atoms with Crippen LogP contribution in [0.5, 0.6) is 0 Å². The first-order valence-electron chi connectivity index (χ1n) is 10.8. The summed E-state index contributed by atoms with van der Waals surface area (Å²) in [5.41, 5.74) is 3.17. The summed E-state index contributed by atoms with van der Waals surface area (Å²) in [7, 11) is 0. The van der Waals surface area contributed by atoms with Gasteiger partial charge in [0.25, 0.3) is 0 Å². The number of carbonyl (C=O) groups excluding carboxylic acids is 3. The second-order valence-corrected chi connectivity index (χ2v) is 8.24. The number of rotatable bonds is 8. The second-order valence-electron chi connectivity index (χ2n) is 8.24. The van der Waals surface area contributed by atoms with E-state index in [2.05, 4.69) is 16.0 Å². The first-order chi connectivity index (χ1) is 15.9. The number of amides is 3. The molecule has 4 N–H and O–H groups in total. The number of carbonyl (C=O) groups is 4. The number of hydrogen-bond donors (Lipinski definition) is 4. The summed E-state index contributed by atoms with van der Waals surface area (Å²) in [6.07, 6.45) is 0.718. The third-order valence-electron chi connectivity index (χ3n) is 6.18. The fourth-order valence-corrected chi connectivity index (χ4v) is 4.28. The maximum atomic E-state index is 12.1. The van der Waals surface area contributed by atoms with Gasteiger partial charge in [-0.15, -0.1) is 0 Å². The zero-order valence-corrected chi connectivity index (χ0v) is 17.9. The number of hydrogen-bond acceptors (Lipinski definition) is 5. The van der Waals surface area contributed by atoms with Crippen molar-refractivity contribution in [2.45, 2.75) is 30.7 Å². The molecule has 3 amide bonds. The topological polar surface area (TPSA) is 134 Å². The molecular formula is C24H25N3O6. The predicted octanol–water partition coefficient (Wildman–Crippen LogP) is 1.76. The van der Waals surface area contributed by atoms with E-state index in [0.29, 0.717) is 12.8 Å². The van der Waals surface area contributed by atoms with Crippen LogP contribution < -0.4 is 16.0 Å². The summed E-state index contributed by atoms with van der Waals surface area (Å²) in [5, 5.41) is 16.4. The molecule has 0 aliphatic heterocycles. The Morgan fingerprint density at radius 2 is 1.45 bits per heavy atom. The summed E-state index contributed by atoms with van der Waals surface area (Å²) < 4.78 is 5.36. The highest BCUT2D eigenvalue weighted by molar-refractivity contribution is 5.91. The molecule has 1 fully saturated rings. The summed E-state index contributed by atoms with van der Waals surface area (Å²) in [6, 6.07) is 15.9. The minimum atomic E-state index is -1.23. The van der Waals surface area contributed by atoms with E-state index in [1.807, 2.05) is 48.5 Å². The van der Waals surface area contributed by atoms with E-state index < -0.39 is 29.4 Å². The molecule has 0 atom stereocenters. The Kier molecular flexibility index (Phi) is 6.30. The maximum Gasteiger partial charge on any atom is 0.407 e. The van der Waals surface area contributed by atoms with Gasteiger partial charge in [0.15, 0.2) is 0 Å². The van der Waals surface area contributed by atoms with Gasteiger partial charge >= 0.3 is 12.1 Å². The molecule has 9 nitrogen and oxygen atoms in total. The van der Waals surface area contributed by atoms with Crippen LogP contribution in [0.4, 0.5) is 4.79 Å².